The molecule has 0 saturated carbocycles. The van der Waals surface area contributed by atoms with Gasteiger partial charge < -0.3 is 10.4 Å². The first-order valence-electron chi connectivity index (χ1n) is 7.34. The van der Waals surface area contributed by atoms with Crippen molar-refractivity contribution in [1.82, 2.24) is 15.1 Å². The lowest BCUT2D eigenvalue weighted by Gasteiger charge is -2.23. The van der Waals surface area contributed by atoms with Crippen LogP contribution in [0.25, 0.3) is 0 Å². The predicted molar refractivity (Wildman–Crippen MR) is 83.1 cm³/mol. The Morgan fingerprint density at radius 3 is 2.45 bits per heavy atom. The highest BCUT2D eigenvalue weighted by molar-refractivity contribution is 6.06. The van der Waals surface area contributed by atoms with Crippen molar-refractivity contribution >= 4 is 11.9 Å². The Labute approximate surface area is 130 Å². The predicted octanol–water partition coefficient (Wildman–Crippen LogP) is 0.810. The molecule has 6 heteroatoms. The van der Waals surface area contributed by atoms with E-state index in [2.05, 4.69) is 5.32 Å². The zero-order valence-corrected chi connectivity index (χ0v) is 13.2. The SMILES string of the molecule is CN(Cc1ccccc1)CC(O)CN1C(=O)NC(C)(C)C1=O. The van der Waals surface area contributed by atoms with Gasteiger partial charge in [0.2, 0.25) is 0 Å². The lowest BCUT2D eigenvalue weighted by atomic mass is 10.1. The fraction of sp³-hybridized carbons (Fsp3) is 0.500. The summed E-state index contributed by atoms with van der Waals surface area (Å²) in [5.74, 6) is -0.303. The van der Waals surface area contributed by atoms with Crippen LogP contribution in [-0.4, -0.2) is 58.6 Å². The molecule has 0 bridgehead atoms. The number of carbonyl (C=O) groups excluding carboxylic acids is 2. The van der Waals surface area contributed by atoms with Crippen molar-refractivity contribution < 1.29 is 14.7 Å². The number of rotatable bonds is 6. The summed E-state index contributed by atoms with van der Waals surface area (Å²) in [6.07, 6.45) is -0.780. The van der Waals surface area contributed by atoms with Gasteiger partial charge in [-0.1, -0.05) is 30.3 Å². The molecule has 0 aliphatic carbocycles. The third-order valence-electron chi connectivity index (χ3n) is 3.66. The van der Waals surface area contributed by atoms with E-state index in [4.69, 9.17) is 0 Å². The topological polar surface area (TPSA) is 72.9 Å². The normalized spacial score (nSPS) is 18.7. The number of benzene rings is 1. The molecule has 6 nitrogen and oxygen atoms in total. The van der Waals surface area contributed by atoms with Gasteiger partial charge in [0.1, 0.15) is 5.54 Å². The molecule has 0 aromatic heterocycles. The first-order valence-corrected chi connectivity index (χ1v) is 7.34. The average Bonchev–Trinajstić information content (AvgIpc) is 2.62. The summed E-state index contributed by atoms with van der Waals surface area (Å²) >= 11 is 0. The molecule has 2 rings (SSSR count). The molecule has 1 aromatic rings. The highest BCUT2D eigenvalue weighted by atomic mass is 16.3. The van der Waals surface area contributed by atoms with E-state index in [-0.39, 0.29) is 12.5 Å². The minimum Gasteiger partial charge on any atom is -0.390 e. The Kier molecular flexibility index (Phi) is 4.83. The molecule has 1 aliphatic rings. The van der Waals surface area contributed by atoms with Crippen molar-refractivity contribution in [2.75, 3.05) is 20.1 Å². The van der Waals surface area contributed by atoms with Crippen LogP contribution >= 0.6 is 0 Å². The number of nitrogens with zero attached hydrogens (tertiary/aromatic N) is 2. The average molecular weight is 305 g/mol. The Morgan fingerprint density at radius 2 is 1.91 bits per heavy atom. The molecule has 120 valence electrons. The lowest BCUT2D eigenvalue weighted by molar-refractivity contribution is -0.131. The number of urea groups is 1. The Hall–Kier alpha value is -1.92. The van der Waals surface area contributed by atoms with Crippen LogP contribution in [0.4, 0.5) is 4.79 Å². The summed E-state index contributed by atoms with van der Waals surface area (Å²) in [7, 11) is 1.89. The van der Waals surface area contributed by atoms with E-state index in [0.717, 1.165) is 10.5 Å². The van der Waals surface area contributed by atoms with Crippen LogP contribution in [-0.2, 0) is 11.3 Å². The van der Waals surface area contributed by atoms with E-state index in [0.29, 0.717) is 13.1 Å². The van der Waals surface area contributed by atoms with Crippen molar-refractivity contribution in [1.29, 1.82) is 0 Å². The molecule has 1 saturated heterocycles. The van der Waals surface area contributed by atoms with Crippen molar-refractivity contribution in [3.8, 4) is 0 Å². The van der Waals surface area contributed by atoms with Crippen LogP contribution in [0.5, 0.6) is 0 Å². The second kappa shape index (κ2) is 6.46. The molecule has 1 unspecified atom stereocenters. The van der Waals surface area contributed by atoms with Gasteiger partial charge in [-0.15, -0.1) is 0 Å². The van der Waals surface area contributed by atoms with Crippen molar-refractivity contribution in [2.24, 2.45) is 0 Å². The van der Waals surface area contributed by atoms with Gasteiger partial charge in [-0.2, -0.15) is 0 Å². The summed E-state index contributed by atoms with van der Waals surface area (Å²) in [4.78, 5) is 26.9. The molecular weight excluding hydrogens is 282 g/mol. The monoisotopic (exact) mass is 305 g/mol. The summed E-state index contributed by atoms with van der Waals surface area (Å²) in [6.45, 7) is 4.39. The zero-order chi connectivity index (χ0) is 16.3. The summed E-state index contributed by atoms with van der Waals surface area (Å²) in [6, 6.07) is 9.48. The number of likely N-dealkylation sites (N-methyl/N-ethyl adjacent to an activating group) is 1. The molecule has 1 heterocycles. The summed E-state index contributed by atoms with van der Waals surface area (Å²) in [5, 5.41) is 12.8. The van der Waals surface area contributed by atoms with Crippen LogP contribution in [0.15, 0.2) is 30.3 Å². The maximum absolute atomic E-state index is 12.1. The molecule has 1 aliphatic heterocycles. The van der Waals surface area contributed by atoms with Gasteiger partial charge in [0, 0.05) is 13.1 Å². The van der Waals surface area contributed by atoms with Crippen LogP contribution in [0.2, 0.25) is 0 Å². The largest absolute Gasteiger partial charge is 0.390 e. The number of amides is 3. The molecule has 0 spiro atoms. The fourth-order valence-corrected chi connectivity index (χ4v) is 2.57. The molecule has 22 heavy (non-hydrogen) atoms. The quantitative estimate of drug-likeness (QED) is 0.763. The molecule has 3 amide bonds. The first-order chi connectivity index (χ1) is 10.3. The van der Waals surface area contributed by atoms with Crippen LogP contribution in [0, 0.1) is 0 Å². The van der Waals surface area contributed by atoms with Gasteiger partial charge in [0.05, 0.1) is 12.6 Å². The van der Waals surface area contributed by atoms with Gasteiger partial charge in [-0.25, -0.2) is 4.79 Å². The minimum absolute atomic E-state index is 0.00717. The second-order valence-corrected chi connectivity index (χ2v) is 6.31. The number of hydrogen-bond acceptors (Lipinski definition) is 4. The zero-order valence-electron chi connectivity index (χ0n) is 13.2. The minimum atomic E-state index is -0.896. The van der Waals surface area contributed by atoms with Gasteiger partial charge in [0.15, 0.2) is 0 Å². The van der Waals surface area contributed by atoms with Crippen molar-refractivity contribution in [3.05, 3.63) is 35.9 Å². The molecule has 1 fully saturated rings. The smallest absolute Gasteiger partial charge is 0.325 e. The van der Waals surface area contributed by atoms with Gasteiger partial charge >= 0.3 is 6.03 Å². The number of β-amino-alcohol motifs (C(OH)–C–C–N with tert-alkyl or cyclic N) is 1. The van der Waals surface area contributed by atoms with Crippen molar-refractivity contribution in [2.45, 2.75) is 32.0 Å². The van der Waals surface area contributed by atoms with E-state index in [1.165, 1.54) is 0 Å². The number of aliphatic hydroxyl groups is 1. The molecule has 2 N–H and O–H groups in total. The first kappa shape index (κ1) is 16.5. The van der Waals surface area contributed by atoms with Crippen LogP contribution in [0.1, 0.15) is 19.4 Å². The number of aliphatic hydroxyl groups excluding tert-OH is 1. The van der Waals surface area contributed by atoms with Crippen LogP contribution in [0.3, 0.4) is 0 Å². The van der Waals surface area contributed by atoms with E-state index in [1.54, 1.807) is 13.8 Å². The maximum atomic E-state index is 12.1. The third-order valence-corrected chi connectivity index (χ3v) is 3.66. The molecule has 1 atom stereocenters. The van der Waals surface area contributed by atoms with E-state index >= 15 is 0 Å². The number of hydrogen-bond donors (Lipinski definition) is 2. The highest BCUT2D eigenvalue weighted by Gasteiger charge is 2.44. The molecule has 0 radical (unpaired) electrons. The standard InChI is InChI=1S/C16H23N3O3/c1-16(2)14(21)19(15(22)17-16)11-13(20)10-18(3)9-12-7-5-4-6-8-12/h4-8,13,20H,9-11H2,1-3H3,(H,17,22). The molecular formula is C16H23N3O3. The highest BCUT2D eigenvalue weighted by Crippen LogP contribution is 2.17. The van der Waals surface area contributed by atoms with Gasteiger partial charge in [0.25, 0.3) is 5.91 Å². The van der Waals surface area contributed by atoms with E-state index in [1.807, 2.05) is 42.3 Å². The van der Waals surface area contributed by atoms with Gasteiger partial charge in [-0.05, 0) is 26.5 Å². The Balaban J connectivity index is 1.86. The third kappa shape index (κ3) is 3.84. The summed E-state index contributed by atoms with van der Waals surface area (Å²) < 4.78 is 0. The van der Waals surface area contributed by atoms with E-state index < -0.39 is 17.7 Å². The fourth-order valence-electron chi connectivity index (χ4n) is 2.57. The van der Waals surface area contributed by atoms with E-state index in [9.17, 15) is 14.7 Å². The van der Waals surface area contributed by atoms with Crippen molar-refractivity contribution in [3.63, 3.8) is 0 Å². The lowest BCUT2D eigenvalue weighted by Crippen LogP contribution is -2.43. The van der Waals surface area contributed by atoms with Gasteiger partial charge in [-0.3, -0.25) is 14.6 Å². The number of nitrogens with one attached hydrogen (secondary N) is 1. The number of imide groups is 1. The Bertz CT molecular complexity index is 545. The molecule has 1 aromatic carbocycles. The summed E-state index contributed by atoms with van der Waals surface area (Å²) in [5.41, 5.74) is 0.251. The number of carbonyl (C=O) groups is 2. The maximum Gasteiger partial charge on any atom is 0.325 e. The second-order valence-electron chi connectivity index (χ2n) is 6.31. The Morgan fingerprint density at radius 1 is 1.27 bits per heavy atom. The van der Waals surface area contributed by atoms with Crippen LogP contribution < -0.4 is 5.32 Å².